The maximum absolute atomic E-state index is 12.2. The first-order valence-electron chi connectivity index (χ1n) is 6.84. The fourth-order valence-electron chi connectivity index (χ4n) is 2.52. The highest BCUT2D eigenvalue weighted by molar-refractivity contribution is 5.96. The zero-order valence-electron chi connectivity index (χ0n) is 11.7. The van der Waals surface area contributed by atoms with Crippen LogP contribution in [0.4, 0.5) is 0 Å². The molecule has 0 spiro atoms. The molecule has 1 saturated heterocycles. The standard InChI is InChI=1S/C15H20N2O3/c1-16(15(20)12-6-3-2-4-7-12)10-14(19)17-9-5-8-13(17)11-18/h2-4,6-7,13,18H,5,8-11H2,1H3. The molecule has 1 atom stereocenters. The SMILES string of the molecule is CN(CC(=O)N1CCCC1CO)C(=O)c1ccccc1. The average molecular weight is 276 g/mol. The molecule has 1 unspecified atom stereocenters. The quantitative estimate of drug-likeness (QED) is 0.882. The van der Waals surface area contributed by atoms with Gasteiger partial charge < -0.3 is 14.9 Å². The van der Waals surface area contributed by atoms with E-state index in [0.717, 1.165) is 12.8 Å². The van der Waals surface area contributed by atoms with E-state index in [1.807, 2.05) is 6.07 Å². The van der Waals surface area contributed by atoms with Crippen LogP contribution in [0.1, 0.15) is 23.2 Å². The van der Waals surface area contributed by atoms with Crippen LogP contribution in [0.5, 0.6) is 0 Å². The molecule has 1 heterocycles. The van der Waals surface area contributed by atoms with E-state index in [1.54, 1.807) is 36.2 Å². The van der Waals surface area contributed by atoms with E-state index >= 15 is 0 Å². The summed E-state index contributed by atoms with van der Waals surface area (Å²) in [5, 5.41) is 9.23. The number of aliphatic hydroxyl groups is 1. The van der Waals surface area contributed by atoms with Crippen LogP contribution in [0.25, 0.3) is 0 Å². The van der Waals surface area contributed by atoms with E-state index in [0.29, 0.717) is 12.1 Å². The van der Waals surface area contributed by atoms with Gasteiger partial charge in [0.05, 0.1) is 19.2 Å². The number of carbonyl (C=O) groups is 2. The molecular formula is C15H20N2O3. The molecule has 20 heavy (non-hydrogen) atoms. The van der Waals surface area contributed by atoms with Gasteiger partial charge in [-0.05, 0) is 25.0 Å². The number of hydrogen-bond donors (Lipinski definition) is 1. The molecule has 1 fully saturated rings. The van der Waals surface area contributed by atoms with E-state index in [9.17, 15) is 14.7 Å². The molecular weight excluding hydrogens is 256 g/mol. The Kier molecular flexibility index (Phi) is 4.74. The topological polar surface area (TPSA) is 60.9 Å². The van der Waals surface area contributed by atoms with Crippen LogP contribution in [-0.2, 0) is 4.79 Å². The van der Waals surface area contributed by atoms with E-state index < -0.39 is 0 Å². The minimum Gasteiger partial charge on any atom is -0.394 e. The monoisotopic (exact) mass is 276 g/mol. The number of likely N-dealkylation sites (tertiary alicyclic amines) is 1. The minimum atomic E-state index is -0.168. The number of likely N-dealkylation sites (N-methyl/N-ethyl adjacent to an activating group) is 1. The Labute approximate surface area is 118 Å². The van der Waals surface area contributed by atoms with Crippen molar-refractivity contribution in [1.29, 1.82) is 0 Å². The number of benzene rings is 1. The largest absolute Gasteiger partial charge is 0.394 e. The third-order valence-electron chi connectivity index (χ3n) is 3.65. The Morgan fingerprint density at radius 3 is 2.70 bits per heavy atom. The number of carbonyl (C=O) groups excluding carboxylic acids is 2. The fraction of sp³-hybridized carbons (Fsp3) is 0.467. The van der Waals surface area contributed by atoms with Gasteiger partial charge in [0, 0.05) is 19.2 Å². The summed E-state index contributed by atoms with van der Waals surface area (Å²) in [4.78, 5) is 27.4. The van der Waals surface area contributed by atoms with Crippen molar-refractivity contribution in [3.63, 3.8) is 0 Å². The predicted octanol–water partition coefficient (Wildman–Crippen LogP) is 0.742. The van der Waals surface area contributed by atoms with Crippen molar-refractivity contribution >= 4 is 11.8 Å². The summed E-state index contributed by atoms with van der Waals surface area (Å²) in [7, 11) is 1.62. The lowest BCUT2D eigenvalue weighted by atomic mass is 10.2. The molecule has 1 aliphatic heterocycles. The smallest absolute Gasteiger partial charge is 0.254 e. The van der Waals surface area contributed by atoms with E-state index in [-0.39, 0.29) is 31.0 Å². The van der Waals surface area contributed by atoms with Crippen LogP contribution in [0.15, 0.2) is 30.3 Å². The maximum Gasteiger partial charge on any atom is 0.254 e. The van der Waals surface area contributed by atoms with Gasteiger partial charge in [-0.2, -0.15) is 0 Å². The predicted molar refractivity (Wildman–Crippen MR) is 75.2 cm³/mol. The molecule has 2 amide bonds. The fourth-order valence-corrected chi connectivity index (χ4v) is 2.52. The lowest BCUT2D eigenvalue weighted by Gasteiger charge is -2.26. The van der Waals surface area contributed by atoms with E-state index in [4.69, 9.17) is 0 Å². The summed E-state index contributed by atoms with van der Waals surface area (Å²) in [6.07, 6.45) is 1.74. The van der Waals surface area contributed by atoms with Crippen LogP contribution in [0, 0.1) is 0 Å². The molecule has 5 heteroatoms. The molecule has 2 rings (SSSR count). The van der Waals surface area contributed by atoms with Crippen molar-refractivity contribution in [3.05, 3.63) is 35.9 Å². The molecule has 0 aromatic heterocycles. The second kappa shape index (κ2) is 6.52. The Morgan fingerprint density at radius 1 is 1.35 bits per heavy atom. The van der Waals surface area contributed by atoms with Crippen LogP contribution < -0.4 is 0 Å². The Balaban J connectivity index is 1.96. The van der Waals surface area contributed by atoms with Gasteiger partial charge in [0.25, 0.3) is 5.91 Å². The second-order valence-corrected chi connectivity index (χ2v) is 5.09. The van der Waals surface area contributed by atoms with Gasteiger partial charge >= 0.3 is 0 Å². The van der Waals surface area contributed by atoms with Gasteiger partial charge in [0.15, 0.2) is 0 Å². The molecule has 0 radical (unpaired) electrons. The molecule has 0 saturated carbocycles. The molecule has 108 valence electrons. The van der Waals surface area contributed by atoms with E-state index in [2.05, 4.69) is 0 Å². The van der Waals surface area contributed by atoms with Crippen LogP contribution in [0.2, 0.25) is 0 Å². The molecule has 1 aliphatic rings. The van der Waals surface area contributed by atoms with Crippen molar-refractivity contribution < 1.29 is 14.7 Å². The molecule has 0 bridgehead atoms. The summed E-state index contributed by atoms with van der Waals surface area (Å²) in [6.45, 7) is 0.698. The lowest BCUT2D eigenvalue weighted by molar-refractivity contribution is -0.133. The number of nitrogens with zero attached hydrogens (tertiary/aromatic N) is 2. The first kappa shape index (κ1) is 14.5. The number of hydrogen-bond acceptors (Lipinski definition) is 3. The summed E-state index contributed by atoms with van der Waals surface area (Å²) in [5.74, 6) is -0.271. The molecule has 1 aromatic carbocycles. The van der Waals surface area contributed by atoms with Gasteiger partial charge in [-0.3, -0.25) is 9.59 Å². The molecule has 0 aliphatic carbocycles. The van der Waals surface area contributed by atoms with Crippen LogP contribution in [-0.4, -0.2) is 59.5 Å². The van der Waals surface area contributed by atoms with Crippen LogP contribution >= 0.6 is 0 Å². The zero-order chi connectivity index (χ0) is 14.5. The van der Waals surface area contributed by atoms with Crippen LogP contribution in [0.3, 0.4) is 0 Å². The second-order valence-electron chi connectivity index (χ2n) is 5.09. The first-order valence-corrected chi connectivity index (χ1v) is 6.84. The lowest BCUT2D eigenvalue weighted by Crippen LogP contribution is -2.44. The van der Waals surface area contributed by atoms with Gasteiger partial charge in [-0.1, -0.05) is 18.2 Å². The van der Waals surface area contributed by atoms with Gasteiger partial charge in [0.2, 0.25) is 5.91 Å². The minimum absolute atomic E-state index is 0.0118. The van der Waals surface area contributed by atoms with Gasteiger partial charge in [0.1, 0.15) is 0 Å². The van der Waals surface area contributed by atoms with Crippen molar-refractivity contribution in [2.75, 3.05) is 26.7 Å². The third kappa shape index (κ3) is 3.17. The number of aliphatic hydroxyl groups excluding tert-OH is 1. The average Bonchev–Trinajstić information content (AvgIpc) is 2.95. The molecule has 1 N–H and O–H groups in total. The summed E-state index contributed by atoms with van der Waals surface area (Å²) in [5.41, 5.74) is 0.572. The Hall–Kier alpha value is -1.88. The normalized spacial score (nSPS) is 18.1. The maximum atomic E-state index is 12.2. The van der Waals surface area contributed by atoms with Gasteiger partial charge in [-0.15, -0.1) is 0 Å². The van der Waals surface area contributed by atoms with Gasteiger partial charge in [-0.25, -0.2) is 0 Å². The highest BCUT2D eigenvalue weighted by atomic mass is 16.3. The van der Waals surface area contributed by atoms with Crippen molar-refractivity contribution in [2.24, 2.45) is 0 Å². The Morgan fingerprint density at radius 2 is 2.05 bits per heavy atom. The van der Waals surface area contributed by atoms with Crippen molar-refractivity contribution in [3.8, 4) is 0 Å². The van der Waals surface area contributed by atoms with Crippen molar-refractivity contribution in [1.82, 2.24) is 9.80 Å². The third-order valence-corrected chi connectivity index (χ3v) is 3.65. The Bertz CT molecular complexity index is 475. The summed E-state index contributed by atoms with van der Waals surface area (Å²) in [6, 6.07) is 8.81. The van der Waals surface area contributed by atoms with E-state index in [1.165, 1.54) is 4.90 Å². The number of amides is 2. The highest BCUT2D eigenvalue weighted by Gasteiger charge is 2.29. The highest BCUT2D eigenvalue weighted by Crippen LogP contribution is 2.17. The molecule has 5 nitrogen and oxygen atoms in total. The summed E-state index contributed by atoms with van der Waals surface area (Å²) >= 11 is 0. The number of rotatable bonds is 4. The first-order chi connectivity index (χ1) is 9.63. The summed E-state index contributed by atoms with van der Waals surface area (Å²) < 4.78 is 0. The molecule has 1 aromatic rings. The zero-order valence-corrected chi connectivity index (χ0v) is 11.7. The van der Waals surface area contributed by atoms with Crippen molar-refractivity contribution in [2.45, 2.75) is 18.9 Å².